The number of aliphatic carboxylic acids is 1. The van der Waals surface area contributed by atoms with Crippen molar-refractivity contribution in [1.29, 1.82) is 0 Å². The van der Waals surface area contributed by atoms with Crippen LogP contribution in [0.15, 0.2) is 72.9 Å². The van der Waals surface area contributed by atoms with Crippen molar-refractivity contribution < 1.29 is 19.0 Å². The van der Waals surface area contributed by atoms with E-state index in [2.05, 4.69) is 35.9 Å². The highest BCUT2D eigenvalue weighted by molar-refractivity contribution is 5.83. The van der Waals surface area contributed by atoms with Gasteiger partial charge in [-0.2, -0.15) is 0 Å². The quantitative estimate of drug-likeness (QED) is 0.296. The first-order valence-corrected chi connectivity index (χ1v) is 11.2. The summed E-state index contributed by atoms with van der Waals surface area (Å²) in [6.45, 7) is 3.77. The van der Waals surface area contributed by atoms with Crippen molar-refractivity contribution in [2.45, 2.75) is 38.7 Å². The number of aromatic nitrogens is 1. The van der Waals surface area contributed by atoms with Crippen LogP contribution in [0.1, 0.15) is 47.6 Å². The molecule has 2 unspecified atom stereocenters. The van der Waals surface area contributed by atoms with E-state index >= 15 is 0 Å². The number of carboxylic acids is 1. The van der Waals surface area contributed by atoms with Gasteiger partial charge in [-0.05, 0) is 71.8 Å². The average Bonchev–Trinajstić information content (AvgIpc) is 3.30. The third kappa shape index (κ3) is 5.29. The molecule has 4 aromatic rings. The van der Waals surface area contributed by atoms with Crippen LogP contribution in [0.5, 0.6) is 5.75 Å². The number of benzene rings is 3. The van der Waals surface area contributed by atoms with Crippen molar-refractivity contribution in [2.24, 2.45) is 0 Å². The number of H-pyrrole nitrogens is 1. The summed E-state index contributed by atoms with van der Waals surface area (Å²) in [6.07, 6.45) is 2.14. The molecular weight excluding hydrogens is 429 g/mol. The first-order valence-electron chi connectivity index (χ1n) is 11.2. The van der Waals surface area contributed by atoms with E-state index in [1.165, 1.54) is 12.1 Å². The molecular formula is C29H26FNO3. The van der Waals surface area contributed by atoms with E-state index in [-0.39, 0.29) is 24.3 Å². The van der Waals surface area contributed by atoms with Crippen LogP contribution in [-0.2, 0) is 11.2 Å². The Bertz CT molecular complexity index is 1340. The first kappa shape index (κ1) is 23.1. The van der Waals surface area contributed by atoms with E-state index in [1.54, 1.807) is 19.1 Å². The molecule has 172 valence electrons. The first-order chi connectivity index (χ1) is 16.4. The Morgan fingerprint density at radius 2 is 1.79 bits per heavy atom. The minimum Gasteiger partial charge on any atom is -0.485 e. The van der Waals surface area contributed by atoms with Crippen molar-refractivity contribution in [3.63, 3.8) is 0 Å². The molecule has 2 atom stereocenters. The second kappa shape index (κ2) is 10.3. The van der Waals surface area contributed by atoms with Gasteiger partial charge in [-0.3, -0.25) is 4.79 Å². The molecule has 0 aliphatic rings. The molecule has 3 aromatic carbocycles. The molecule has 0 saturated carbocycles. The number of carbonyl (C=O) groups is 1. The number of halogens is 1. The summed E-state index contributed by atoms with van der Waals surface area (Å²) in [4.78, 5) is 14.5. The monoisotopic (exact) mass is 455 g/mol. The molecule has 0 fully saturated rings. The van der Waals surface area contributed by atoms with Gasteiger partial charge in [-0.1, -0.05) is 42.3 Å². The summed E-state index contributed by atoms with van der Waals surface area (Å²) < 4.78 is 19.9. The molecule has 5 heteroatoms. The highest BCUT2D eigenvalue weighted by atomic mass is 19.1. The van der Waals surface area contributed by atoms with Crippen molar-refractivity contribution in [3.8, 4) is 17.6 Å². The molecule has 2 N–H and O–H groups in total. The number of aromatic amines is 1. The predicted molar refractivity (Wildman–Crippen MR) is 131 cm³/mol. The second-order valence-corrected chi connectivity index (χ2v) is 8.27. The molecule has 4 rings (SSSR count). The largest absolute Gasteiger partial charge is 0.485 e. The Labute approximate surface area is 198 Å². The summed E-state index contributed by atoms with van der Waals surface area (Å²) in [5.41, 5.74) is 5.02. The molecule has 0 radical (unpaired) electrons. The fraction of sp³-hybridized carbons (Fsp3) is 0.207. The van der Waals surface area contributed by atoms with E-state index < -0.39 is 5.97 Å². The molecule has 0 aliphatic carbocycles. The molecule has 4 nitrogen and oxygen atoms in total. The minimum atomic E-state index is -0.886. The van der Waals surface area contributed by atoms with Gasteiger partial charge in [0.25, 0.3) is 0 Å². The lowest BCUT2D eigenvalue weighted by Crippen LogP contribution is -2.13. The summed E-state index contributed by atoms with van der Waals surface area (Å²) in [6, 6.07) is 20.1. The average molecular weight is 456 g/mol. The van der Waals surface area contributed by atoms with Crippen LogP contribution in [-0.4, -0.2) is 16.1 Å². The van der Waals surface area contributed by atoms with E-state index in [9.17, 15) is 14.3 Å². The van der Waals surface area contributed by atoms with Crippen molar-refractivity contribution in [2.75, 3.05) is 0 Å². The Hall–Kier alpha value is -4.04. The molecule has 1 heterocycles. The van der Waals surface area contributed by atoms with Gasteiger partial charge in [0.2, 0.25) is 0 Å². The van der Waals surface area contributed by atoms with Crippen LogP contribution in [0.3, 0.4) is 0 Å². The topological polar surface area (TPSA) is 62.3 Å². The van der Waals surface area contributed by atoms with E-state index in [0.29, 0.717) is 12.2 Å². The zero-order valence-electron chi connectivity index (χ0n) is 19.1. The zero-order chi connectivity index (χ0) is 24.1. The van der Waals surface area contributed by atoms with Crippen molar-refractivity contribution in [3.05, 3.63) is 101 Å². The lowest BCUT2D eigenvalue weighted by Gasteiger charge is -2.22. The summed E-state index contributed by atoms with van der Waals surface area (Å²) in [5, 5.41) is 10.3. The minimum absolute atomic E-state index is 0.0520. The van der Waals surface area contributed by atoms with Crippen LogP contribution < -0.4 is 4.74 Å². The van der Waals surface area contributed by atoms with E-state index in [4.69, 9.17) is 4.74 Å². The van der Waals surface area contributed by atoms with Gasteiger partial charge < -0.3 is 14.8 Å². The Morgan fingerprint density at radius 3 is 2.47 bits per heavy atom. The SMILES string of the molecule is CC#CC(CC(=O)O)c1ccc(OC(Cc2ccc(F)cc2)c2ccc3cc[nH]c3c2C)cc1. The van der Waals surface area contributed by atoms with E-state index in [0.717, 1.165) is 33.2 Å². The molecule has 34 heavy (non-hydrogen) atoms. The smallest absolute Gasteiger partial charge is 0.304 e. The number of aryl methyl sites for hydroxylation is 1. The third-order valence-corrected chi connectivity index (χ3v) is 5.97. The molecule has 0 saturated heterocycles. The number of fused-ring (bicyclic) bond motifs is 1. The van der Waals surface area contributed by atoms with Crippen LogP contribution in [0, 0.1) is 24.6 Å². The maximum absolute atomic E-state index is 13.5. The van der Waals surface area contributed by atoms with Crippen molar-refractivity contribution >= 4 is 16.9 Å². The number of carboxylic acid groups (broad SMARTS) is 1. The molecule has 0 amide bonds. The number of nitrogens with one attached hydrogen (secondary N) is 1. The lowest BCUT2D eigenvalue weighted by molar-refractivity contribution is -0.137. The van der Waals surface area contributed by atoms with Crippen LogP contribution in [0.2, 0.25) is 0 Å². The van der Waals surface area contributed by atoms with Gasteiger partial charge >= 0.3 is 5.97 Å². The standard InChI is InChI=1S/C29H26FNO3/c1-3-4-23(18-28(32)33)21-7-12-25(13-8-21)34-27(17-20-5-10-24(30)11-6-20)26-14-9-22-15-16-31-29(22)19(26)2/h5-16,23,27,31H,17-18H2,1-2H3,(H,32,33). The van der Waals surface area contributed by atoms with E-state index in [1.807, 2.05) is 36.5 Å². The number of hydrogen-bond acceptors (Lipinski definition) is 2. The molecule has 1 aromatic heterocycles. The maximum Gasteiger partial charge on any atom is 0.304 e. The third-order valence-electron chi connectivity index (χ3n) is 5.97. The highest BCUT2D eigenvalue weighted by Gasteiger charge is 2.20. The Balaban J connectivity index is 1.64. The van der Waals surface area contributed by atoms with Gasteiger partial charge in [0.1, 0.15) is 17.7 Å². The van der Waals surface area contributed by atoms with Crippen molar-refractivity contribution in [1.82, 2.24) is 4.98 Å². The van der Waals surface area contributed by atoms with Gasteiger partial charge in [0, 0.05) is 18.1 Å². The Morgan fingerprint density at radius 1 is 1.06 bits per heavy atom. The summed E-state index contributed by atoms with van der Waals surface area (Å²) in [5.74, 6) is 4.92. The second-order valence-electron chi connectivity index (χ2n) is 8.27. The van der Waals surface area contributed by atoms with Gasteiger partial charge in [-0.15, -0.1) is 5.92 Å². The summed E-state index contributed by atoms with van der Waals surface area (Å²) >= 11 is 0. The Kier molecular flexibility index (Phi) is 6.98. The fourth-order valence-electron chi connectivity index (χ4n) is 4.24. The highest BCUT2D eigenvalue weighted by Crippen LogP contribution is 2.32. The van der Waals surface area contributed by atoms with Crippen LogP contribution in [0.4, 0.5) is 4.39 Å². The zero-order valence-corrected chi connectivity index (χ0v) is 19.1. The molecule has 0 spiro atoms. The van der Waals surface area contributed by atoms with Crippen LogP contribution >= 0.6 is 0 Å². The van der Waals surface area contributed by atoms with Gasteiger partial charge in [-0.25, -0.2) is 4.39 Å². The molecule has 0 aliphatic heterocycles. The van der Waals surface area contributed by atoms with Gasteiger partial charge in [0.05, 0.1) is 12.3 Å². The van der Waals surface area contributed by atoms with Gasteiger partial charge in [0.15, 0.2) is 0 Å². The number of ether oxygens (including phenoxy) is 1. The predicted octanol–water partition coefficient (Wildman–Crippen LogP) is 6.56. The molecule has 0 bridgehead atoms. The number of hydrogen-bond donors (Lipinski definition) is 2. The normalized spacial score (nSPS) is 12.6. The maximum atomic E-state index is 13.5. The fourth-order valence-corrected chi connectivity index (χ4v) is 4.24. The number of rotatable bonds is 8. The summed E-state index contributed by atoms with van der Waals surface area (Å²) in [7, 11) is 0. The van der Waals surface area contributed by atoms with Crippen LogP contribution in [0.25, 0.3) is 10.9 Å². The lowest BCUT2D eigenvalue weighted by atomic mass is 9.95.